The van der Waals surface area contributed by atoms with Crippen LogP contribution in [0.15, 0.2) is 102 Å². The molecule has 3 aromatic heterocycles. The zero-order chi connectivity index (χ0) is 31.9. The van der Waals surface area contributed by atoms with Crippen molar-refractivity contribution in [2.45, 2.75) is 52.0 Å². The number of hydrogen-bond donors (Lipinski definition) is 1. The van der Waals surface area contributed by atoms with Crippen LogP contribution in [0.25, 0.3) is 27.5 Å². The fraction of sp³-hybridized carbons (Fsp3) is 0.222. The molecule has 0 amide bonds. The smallest absolute Gasteiger partial charge is 0.449 e. The van der Waals surface area contributed by atoms with Crippen molar-refractivity contribution in [3.8, 4) is 11.1 Å². The molecular weight excluding hydrogens is 579 g/mol. The van der Waals surface area contributed by atoms with E-state index in [0.717, 1.165) is 44.8 Å². The molecule has 45 heavy (non-hydrogen) atoms. The Balaban J connectivity index is 1.39. The lowest BCUT2D eigenvalue weighted by atomic mass is 9.83. The first-order chi connectivity index (χ1) is 21.4. The normalized spacial score (nSPS) is 12.4. The van der Waals surface area contributed by atoms with Crippen molar-refractivity contribution in [3.05, 3.63) is 131 Å². The van der Waals surface area contributed by atoms with Gasteiger partial charge in [0.25, 0.3) is 0 Å². The average Bonchev–Trinajstić information content (AvgIpc) is 3.69. The van der Waals surface area contributed by atoms with Gasteiger partial charge < -0.3 is 13.9 Å². The molecule has 1 N–H and O–H groups in total. The summed E-state index contributed by atoms with van der Waals surface area (Å²) >= 11 is 0. The molecule has 6 rings (SSSR count). The largest absolute Gasteiger partial charge is 0.481 e. The molecule has 0 aliphatic rings. The predicted octanol–water partition coefficient (Wildman–Crippen LogP) is 8.64. The third-order valence-corrected chi connectivity index (χ3v) is 8.43. The number of rotatable bonds is 9. The maximum atomic E-state index is 13.4. The van der Waals surface area contributed by atoms with E-state index in [1.54, 1.807) is 26.1 Å². The molecule has 0 radical (unpaired) electrons. The molecule has 6 nitrogen and oxygen atoms in total. The minimum atomic E-state index is -4.56. The van der Waals surface area contributed by atoms with E-state index in [9.17, 15) is 23.1 Å². The summed E-state index contributed by atoms with van der Waals surface area (Å²) < 4.78 is 47.3. The Morgan fingerprint density at radius 1 is 0.933 bits per heavy atom. The van der Waals surface area contributed by atoms with Gasteiger partial charge in [0.05, 0.1) is 12.0 Å². The van der Waals surface area contributed by atoms with Gasteiger partial charge in [-0.1, -0.05) is 54.6 Å². The molecule has 0 saturated heterocycles. The van der Waals surface area contributed by atoms with E-state index >= 15 is 0 Å². The molecule has 0 aliphatic heterocycles. The molecule has 0 aliphatic carbocycles. The molecule has 3 aromatic carbocycles. The predicted molar refractivity (Wildman–Crippen MR) is 167 cm³/mol. The van der Waals surface area contributed by atoms with Crippen LogP contribution in [-0.4, -0.2) is 25.4 Å². The fourth-order valence-corrected chi connectivity index (χ4v) is 5.73. The summed E-state index contributed by atoms with van der Waals surface area (Å²) in [4.78, 5) is 18.6. The molecule has 0 spiro atoms. The number of furan rings is 1. The van der Waals surface area contributed by atoms with Crippen molar-refractivity contribution >= 4 is 22.4 Å². The number of carbonyl (C=O) groups is 1. The molecule has 0 saturated carbocycles. The molecule has 0 bridgehead atoms. The number of alkyl halides is 3. The minimum Gasteiger partial charge on any atom is -0.481 e. The summed E-state index contributed by atoms with van der Waals surface area (Å²) in [7, 11) is 0. The van der Waals surface area contributed by atoms with Crippen LogP contribution >= 0.6 is 0 Å². The number of fused-ring (bicyclic) bond motifs is 2. The highest BCUT2D eigenvalue weighted by Crippen LogP contribution is 2.33. The second-order valence-corrected chi connectivity index (χ2v) is 11.9. The van der Waals surface area contributed by atoms with Crippen LogP contribution < -0.4 is 0 Å². The van der Waals surface area contributed by atoms with Crippen molar-refractivity contribution in [2.75, 3.05) is 0 Å². The number of nitrogens with zero attached hydrogens (tertiary/aromatic N) is 3. The van der Waals surface area contributed by atoms with Crippen LogP contribution in [0, 0.1) is 6.92 Å². The third-order valence-electron chi connectivity index (χ3n) is 8.43. The van der Waals surface area contributed by atoms with Gasteiger partial charge in [-0.15, -0.1) is 0 Å². The van der Waals surface area contributed by atoms with Crippen molar-refractivity contribution in [2.24, 2.45) is 0 Å². The quantitative estimate of drug-likeness (QED) is 0.177. The standard InChI is InChI=1S/C36H32F3N3O3/c1-23-11-12-24-7-4-5-10-29(24)31(23)22-41(21-28-14-16-32(45-28)36(37,38)39)20-27-13-15-30(33-40-17-18-42(27)33)25-8-6-9-26(19-25)35(2,3)34(43)44/h4-19H,20-22H2,1-3H3,(H,43,44). The highest BCUT2D eigenvalue weighted by molar-refractivity contribution is 5.87. The minimum absolute atomic E-state index is 0.156. The van der Waals surface area contributed by atoms with E-state index in [1.807, 2.05) is 66.1 Å². The molecule has 0 fully saturated rings. The first-order valence-corrected chi connectivity index (χ1v) is 14.6. The summed E-state index contributed by atoms with van der Waals surface area (Å²) in [6, 6.07) is 26.0. The summed E-state index contributed by atoms with van der Waals surface area (Å²) in [5, 5.41) is 11.9. The van der Waals surface area contributed by atoms with Gasteiger partial charge in [-0.25, -0.2) is 4.98 Å². The van der Waals surface area contributed by atoms with Crippen molar-refractivity contribution < 1.29 is 27.5 Å². The second kappa shape index (κ2) is 11.6. The molecule has 0 unspecified atom stereocenters. The highest BCUT2D eigenvalue weighted by Gasteiger charge is 2.35. The Morgan fingerprint density at radius 2 is 1.73 bits per heavy atom. The van der Waals surface area contributed by atoms with E-state index in [4.69, 9.17) is 4.42 Å². The number of aliphatic carboxylic acids is 1. The number of aromatic nitrogens is 2. The Bertz CT molecular complexity index is 2020. The number of imidazole rings is 1. The van der Waals surface area contributed by atoms with Crippen molar-refractivity contribution in [1.29, 1.82) is 0 Å². The Kier molecular flexibility index (Phi) is 7.74. The summed E-state index contributed by atoms with van der Waals surface area (Å²) in [6.07, 6.45) is -1.00. The van der Waals surface area contributed by atoms with Crippen LogP contribution in [0.3, 0.4) is 0 Å². The first-order valence-electron chi connectivity index (χ1n) is 14.6. The topological polar surface area (TPSA) is 71.0 Å². The molecular formula is C36H32F3N3O3. The molecule has 3 heterocycles. The lowest BCUT2D eigenvalue weighted by molar-refractivity contribution is -0.153. The highest BCUT2D eigenvalue weighted by atomic mass is 19.4. The van der Waals surface area contributed by atoms with Gasteiger partial charge >= 0.3 is 12.1 Å². The fourth-order valence-electron chi connectivity index (χ4n) is 5.73. The first kappa shape index (κ1) is 30.1. The number of aryl methyl sites for hydroxylation is 1. The number of benzene rings is 3. The Labute approximate surface area is 258 Å². The second-order valence-electron chi connectivity index (χ2n) is 11.9. The third kappa shape index (κ3) is 5.95. The number of pyridine rings is 1. The lowest BCUT2D eigenvalue weighted by Crippen LogP contribution is -2.28. The van der Waals surface area contributed by atoms with Crippen molar-refractivity contribution in [3.63, 3.8) is 0 Å². The SMILES string of the molecule is Cc1ccc2ccccc2c1CN(Cc1ccc(C(F)(F)F)o1)Cc1ccc(-c2cccc(C(C)(C)C(=O)O)c2)c2nccn12. The molecule has 0 atom stereocenters. The lowest BCUT2D eigenvalue weighted by Gasteiger charge is -2.24. The molecule has 230 valence electrons. The molecule has 9 heteroatoms. The van der Waals surface area contributed by atoms with E-state index in [0.29, 0.717) is 24.3 Å². The van der Waals surface area contributed by atoms with Gasteiger partial charge in [0, 0.05) is 36.7 Å². The van der Waals surface area contributed by atoms with Crippen molar-refractivity contribution in [1.82, 2.24) is 14.3 Å². The number of carboxylic acid groups (broad SMARTS) is 1. The van der Waals surface area contributed by atoms with Crippen LogP contribution in [0.5, 0.6) is 0 Å². The van der Waals surface area contributed by atoms with Crippen LogP contribution in [-0.2, 0) is 36.0 Å². The zero-order valence-corrected chi connectivity index (χ0v) is 25.1. The van der Waals surface area contributed by atoms with Gasteiger partial charge in [0.2, 0.25) is 5.76 Å². The van der Waals surface area contributed by atoms with E-state index in [1.165, 1.54) is 6.07 Å². The maximum absolute atomic E-state index is 13.4. The van der Waals surface area contributed by atoms with Crippen LogP contribution in [0.2, 0.25) is 0 Å². The van der Waals surface area contributed by atoms with E-state index < -0.39 is 23.3 Å². The Hall–Kier alpha value is -4.89. The van der Waals surface area contributed by atoms with Gasteiger partial charge in [0.1, 0.15) is 11.4 Å². The van der Waals surface area contributed by atoms with Gasteiger partial charge in [-0.05, 0) is 84.1 Å². The monoisotopic (exact) mass is 611 g/mol. The zero-order valence-electron chi connectivity index (χ0n) is 25.1. The summed E-state index contributed by atoms with van der Waals surface area (Å²) in [6.45, 7) is 6.40. The van der Waals surface area contributed by atoms with Gasteiger partial charge in [-0.2, -0.15) is 13.2 Å². The Morgan fingerprint density at radius 3 is 2.49 bits per heavy atom. The maximum Gasteiger partial charge on any atom is 0.449 e. The summed E-state index contributed by atoms with van der Waals surface area (Å²) in [5.41, 5.74) is 5.03. The summed E-state index contributed by atoms with van der Waals surface area (Å²) in [5.74, 6) is -1.72. The van der Waals surface area contributed by atoms with Gasteiger partial charge in [0.15, 0.2) is 0 Å². The van der Waals surface area contributed by atoms with Crippen LogP contribution in [0.4, 0.5) is 13.2 Å². The molecule has 6 aromatic rings. The van der Waals surface area contributed by atoms with Crippen LogP contribution in [0.1, 0.15) is 47.8 Å². The number of hydrogen-bond acceptors (Lipinski definition) is 4. The number of carboxylic acids is 1. The van der Waals surface area contributed by atoms with E-state index in [2.05, 4.69) is 28.1 Å². The average molecular weight is 612 g/mol. The number of halogens is 3. The van der Waals surface area contributed by atoms with E-state index in [-0.39, 0.29) is 12.3 Å². The van der Waals surface area contributed by atoms with Gasteiger partial charge in [-0.3, -0.25) is 9.69 Å².